The Kier molecular flexibility index (Phi) is 5.04. The predicted octanol–water partition coefficient (Wildman–Crippen LogP) is 2.94. The summed E-state index contributed by atoms with van der Waals surface area (Å²) in [7, 11) is 0. The monoisotopic (exact) mass is 419 g/mol. The van der Waals surface area contributed by atoms with Gasteiger partial charge < -0.3 is 4.74 Å². The molecule has 2 aliphatic carbocycles. The van der Waals surface area contributed by atoms with Crippen molar-refractivity contribution in [2.24, 2.45) is 17.8 Å². The Morgan fingerprint density at radius 3 is 2.77 bits per heavy atom. The van der Waals surface area contributed by atoms with E-state index in [1.807, 2.05) is 30.6 Å². The molecule has 2 saturated carbocycles. The summed E-state index contributed by atoms with van der Waals surface area (Å²) in [6.07, 6.45) is 12.8. The van der Waals surface area contributed by atoms with E-state index in [9.17, 15) is 0 Å². The van der Waals surface area contributed by atoms with Gasteiger partial charge >= 0.3 is 0 Å². The summed E-state index contributed by atoms with van der Waals surface area (Å²) in [5, 5.41) is 16.0. The van der Waals surface area contributed by atoms with Crippen molar-refractivity contribution in [2.75, 3.05) is 19.7 Å². The van der Waals surface area contributed by atoms with Crippen LogP contribution in [0.2, 0.25) is 0 Å². The molecule has 0 amide bonds. The van der Waals surface area contributed by atoms with Gasteiger partial charge in [0.15, 0.2) is 0 Å². The first-order valence-corrected chi connectivity index (χ1v) is 11.5. The summed E-state index contributed by atoms with van der Waals surface area (Å²) in [6, 6.07) is 6.13. The molecule has 162 valence electrons. The van der Waals surface area contributed by atoms with Crippen molar-refractivity contribution in [1.29, 1.82) is 0 Å². The Bertz CT molecular complexity index is 985. The van der Waals surface area contributed by atoms with Crippen molar-refractivity contribution in [2.45, 2.75) is 44.4 Å². The van der Waals surface area contributed by atoms with Gasteiger partial charge in [0, 0.05) is 44.2 Å². The molecule has 0 aromatic carbocycles. The molecular formula is C23H29N7O. The van der Waals surface area contributed by atoms with Crippen LogP contribution < -0.4 is 0 Å². The van der Waals surface area contributed by atoms with Crippen LogP contribution in [0.15, 0.2) is 43.0 Å². The van der Waals surface area contributed by atoms with Crippen LogP contribution in [0.5, 0.6) is 0 Å². The number of ether oxygens (including phenoxy) is 1. The zero-order chi connectivity index (χ0) is 20.6. The fourth-order valence-corrected chi connectivity index (χ4v) is 5.31. The Morgan fingerprint density at radius 1 is 1.10 bits per heavy atom. The van der Waals surface area contributed by atoms with E-state index < -0.39 is 0 Å². The maximum Gasteiger partial charge on any atom is 0.131 e. The number of aromatic amines is 1. The van der Waals surface area contributed by atoms with Crippen molar-refractivity contribution in [3.63, 3.8) is 0 Å². The molecule has 6 rings (SSSR count). The lowest BCUT2D eigenvalue weighted by atomic mass is 9.77. The van der Waals surface area contributed by atoms with E-state index in [1.54, 1.807) is 6.20 Å². The maximum atomic E-state index is 6.50. The van der Waals surface area contributed by atoms with Gasteiger partial charge in [0.05, 0.1) is 30.2 Å². The molecule has 8 nitrogen and oxygen atoms in total. The maximum absolute atomic E-state index is 6.50. The van der Waals surface area contributed by atoms with Gasteiger partial charge in [-0.2, -0.15) is 5.10 Å². The Balaban J connectivity index is 1.20. The summed E-state index contributed by atoms with van der Waals surface area (Å²) < 4.78 is 8.55. The van der Waals surface area contributed by atoms with Crippen LogP contribution >= 0.6 is 0 Å². The van der Waals surface area contributed by atoms with Crippen LogP contribution in [0.4, 0.5) is 0 Å². The second kappa shape index (κ2) is 8.16. The number of pyridine rings is 1. The van der Waals surface area contributed by atoms with Gasteiger partial charge in [-0.1, -0.05) is 11.3 Å². The molecule has 3 aromatic rings. The highest BCUT2D eigenvalue weighted by Gasteiger charge is 2.44. The minimum atomic E-state index is 0.203. The van der Waals surface area contributed by atoms with Crippen LogP contribution in [0, 0.1) is 17.8 Å². The number of hydrogen-bond acceptors (Lipinski definition) is 6. The van der Waals surface area contributed by atoms with E-state index >= 15 is 0 Å². The summed E-state index contributed by atoms with van der Waals surface area (Å²) in [6.45, 7) is 4.12. The fraction of sp³-hybridized carbons (Fsp3) is 0.565. The van der Waals surface area contributed by atoms with Gasteiger partial charge in [-0.15, -0.1) is 5.10 Å². The number of nitrogens with one attached hydrogen (secondary N) is 1. The number of nitrogens with zero attached hydrogens (tertiary/aromatic N) is 6. The topological polar surface area (TPSA) is 84.8 Å². The molecule has 4 atom stereocenters. The molecule has 3 aromatic heterocycles. The van der Waals surface area contributed by atoms with E-state index in [1.165, 1.54) is 18.4 Å². The molecule has 0 unspecified atom stereocenters. The van der Waals surface area contributed by atoms with Gasteiger partial charge in [0.1, 0.15) is 5.69 Å². The zero-order valence-corrected chi connectivity index (χ0v) is 17.7. The molecule has 31 heavy (non-hydrogen) atoms. The lowest BCUT2D eigenvalue weighted by Gasteiger charge is -2.37. The van der Waals surface area contributed by atoms with Gasteiger partial charge in [-0.05, 0) is 55.6 Å². The summed E-state index contributed by atoms with van der Waals surface area (Å²) in [5.74, 6) is 2.12. The van der Waals surface area contributed by atoms with E-state index in [4.69, 9.17) is 4.74 Å². The molecule has 8 heteroatoms. The highest BCUT2D eigenvalue weighted by Crippen LogP contribution is 2.43. The SMILES string of the molecule is c1ccc(-c2cn([C@@H]3C[C@@H]4CN(Cc5cn[nH]c5)C[C@@H]4C[C@H]3OCC3CC3)nn2)nc1. The highest BCUT2D eigenvalue weighted by atomic mass is 16.5. The quantitative estimate of drug-likeness (QED) is 0.634. The molecule has 4 heterocycles. The molecule has 1 saturated heterocycles. The lowest BCUT2D eigenvalue weighted by molar-refractivity contribution is -0.0375. The van der Waals surface area contributed by atoms with Crippen molar-refractivity contribution in [3.8, 4) is 11.4 Å². The van der Waals surface area contributed by atoms with E-state index in [2.05, 4.69) is 41.3 Å². The minimum absolute atomic E-state index is 0.203. The molecule has 0 radical (unpaired) electrons. The van der Waals surface area contributed by atoms with Gasteiger partial charge in [-0.3, -0.25) is 15.0 Å². The van der Waals surface area contributed by atoms with E-state index in [-0.39, 0.29) is 12.1 Å². The van der Waals surface area contributed by atoms with Gasteiger partial charge in [0.25, 0.3) is 0 Å². The van der Waals surface area contributed by atoms with Crippen molar-refractivity contribution in [1.82, 2.24) is 35.1 Å². The Labute approximate surface area is 182 Å². The molecular weight excluding hydrogens is 390 g/mol. The highest BCUT2D eigenvalue weighted by molar-refractivity contribution is 5.51. The fourth-order valence-electron chi connectivity index (χ4n) is 5.31. The molecule has 1 N–H and O–H groups in total. The summed E-state index contributed by atoms with van der Waals surface area (Å²) in [4.78, 5) is 7.00. The normalized spacial score (nSPS) is 28.6. The van der Waals surface area contributed by atoms with Crippen molar-refractivity contribution < 1.29 is 4.74 Å². The molecule has 3 fully saturated rings. The number of likely N-dealkylation sites (tertiary alicyclic amines) is 1. The predicted molar refractivity (Wildman–Crippen MR) is 115 cm³/mol. The van der Waals surface area contributed by atoms with Crippen LogP contribution in [0.1, 0.15) is 37.3 Å². The number of aromatic nitrogens is 6. The number of fused-ring (bicyclic) bond motifs is 1. The second-order valence-electron chi connectivity index (χ2n) is 9.47. The molecule has 0 spiro atoms. The average molecular weight is 420 g/mol. The van der Waals surface area contributed by atoms with Gasteiger partial charge in [-0.25, -0.2) is 4.68 Å². The van der Waals surface area contributed by atoms with Crippen LogP contribution in [0.3, 0.4) is 0 Å². The second-order valence-corrected chi connectivity index (χ2v) is 9.47. The first-order chi connectivity index (χ1) is 15.3. The van der Waals surface area contributed by atoms with Crippen molar-refractivity contribution >= 4 is 0 Å². The number of rotatable bonds is 7. The largest absolute Gasteiger partial charge is 0.376 e. The molecule has 3 aliphatic rings. The third-order valence-corrected chi connectivity index (χ3v) is 7.14. The average Bonchev–Trinajstić information content (AvgIpc) is 3.18. The van der Waals surface area contributed by atoms with Crippen LogP contribution in [-0.2, 0) is 11.3 Å². The molecule has 0 bridgehead atoms. The van der Waals surface area contributed by atoms with Crippen LogP contribution in [0.25, 0.3) is 11.4 Å². The lowest BCUT2D eigenvalue weighted by Crippen LogP contribution is -2.38. The Hall–Kier alpha value is -2.58. The summed E-state index contributed by atoms with van der Waals surface area (Å²) in [5.41, 5.74) is 2.95. The Morgan fingerprint density at radius 2 is 2.00 bits per heavy atom. The van der Waals surface area contributed by atoms with Crippen molar-refractivity contribution in [3.05, 3.63) is 48.5 Å². The number of hydrogen-bond donors (Lipinski definition) is 1. The first-order valence-electron chi connectivity index (χ1n) is 11.5. The molecule has 1 aliphatic heterocycles. The van der Waals surface area contributed by atoms with Crippen LogP contribution in [-0.4, -0.2) is 60.9 Å². The summed E-state index contributed by atoms with van der Waals surface area (Å²) >= 11 is 0. The third kappa shape index (κ3) is 4.14. The smallest absolute Gasteiger partial charge is 0.131 e. The van der Waals surface area contributed by atoms with Gasteiger partial charge in [0.2, 0.25) is 0 Å². The zero-order valence-electron chi connectivity index (χ0n) is 17.7. The third-order valence-electron chi connectivity index (χ3n) is 7.14. The van der Waals surface area contributed by atoms with E-state index in [0.29, 0.717) is 11.8 Å². The minimum Gasteiger partial charge on any atom is -0.376 e. The first kappa shape index (κ1) is 19.1. The standard InChI is InChI=1S/C23H29N7O/c1-2-6-24-20(3-1)21-14-30(28-27-21)22-7-18-12-29(11-17-9-25-26-10-17)13-19(18)8-23(22)31-15-16-4-5-16/h1-3,6,9-10,14,16,18-19,22-23H,4-5,7-8,11-13,15H2,(H,25,26)/t18-,19+,22-,23-/m1/s1. The van der Waals surface area contributed by atoms with E-state index in [0.717, 1.165) is 56.4 Å². The number of H-pyrrole nitrogens is 1.